The number of aryl methyl sites for hydroxylation is 1. The minimum Gasteiger partial charge on any atom is -0.483 e. The van der Waals surface area contributed by atoms with Crippen molar-refractivity contribution in [2.45, 2.75) is 6.92 Å². The Balaban J connectivity index is 1.48. The fourth-order valence-electron chi connectivity index (χ4n) is 2.55. The predicted octanol–water partition coefficient (Wildman–Crippen LogP) is 3.63. The zero-order valence-electron chi connectivity index (χ0n) is 15.5. The summed E-state index contributed by atoms with van der Waals surface area (Å²) >= 11 is 8.52. The maximum atomic E-state index is 12.1. The fourth-order valence-corrected chi connectivity index (χ4v) is 3.33. The van der Waals surface area contributed by atoms with Crippen LogP contribution < -0.4 is 20.9 Å². The van der Waals surface area contributed by atoms with Crippen molar-refractivity contribution in [2.75, 3.05) is 6.61 Å². The molecule has 0 aliphatic rings. The lowest BCUT2D eigenvalue weighted by molar-refractivity contribution is -0.121. The molecule has 0 spiro atoms. The topological polar surface area (TPSA) is 79.5 Å². The molecule has 148 valence electrons. The quantitative estimate of drug-likeness (QED) is 0.399. The van der Waals surface area contributed by atoms with E-state index in [4.69, 9.17) is 17.0 Å². The molecule has 0 atom stereocenters. The first-order chi connectivity index (χ1) is 13.9. The highest BCUT2D eigenvalue weighted by Crippen LogP contribution is 2.32. The van der Waals surface area contributed by atoms with Gasteiger partial charge >= 0.3 is 0 Å². The van der Waals surface area contributed by atoms with Crippen LogP contribution in [-0.4, -0.2) is 23.5 Å². The number of hydrogen-bond donors (Lipinski definition) is 3. The Labute approximate surface area is 181 Å². The number of hydrazine groups is 1. The van der Waals surface area contributed by atoms with Crippen molar-refractivity contribution in [3.8, 4) is 5.75 Å². The van der Waals surface area contributed by atoms with Crippen LogP contribution in [0.15, 0.2) is 65.1 Å². The number of thiocarbonyl (C=S) groups is 1. The Hall–Kier alpha value is -2.97. The Morgan fingerprint density at radius 1 is 1.00 bits per heavy atom. The zero-order chi connectivity index (χ0) is 20.8. The number of carbonyl (C=O) groups excluding carboxylic acids is 2. The zero-order valence-corrected chi connectivity index (χ0v) is 17.9. The van der Waals surface area contributed by atoms with Crippen LogP contribution in [0.4, 0.5) is 0 Å². The molecule has 0 aliphatic carbocycles. The van der Waals surface area contributed by atoms with Crippen LogP contribution in [0.2, 0.25) is 0 Å². The van der Waals surface area contributed by atoms with Gasteiger partial charge < -0.3 is 4.74 Å². The highest BCUT2D eigenvalue weighted by molar-refractivity contribution is 9.10. The lowest BCUT2D eigenvalue weighted by Crippen LogP contribution is -2.49. The first kappa shape index (κ1) is 20.8. The van der Waals surface area contributed by atoms with Crippen molar-refractivity contribution in [3.63, 3.8) is 0 Å². The summed E-state index contributed by atoms with van der Waals surface area (Å²) in [7, 11) is 0. The highest BCUT2D eigenvalue weighted by atomic mass is 79.9. The molecule has 3 N–H and O–H groups in total. The fraction of sp³-hybridized carbons (Fsp3) is 0.0952. The van der Waals surface area contributed by atoms with Crippen LogP contribution in [0.25, 0.3) is 10.8 Å². The van der Waals surface area contributed by atoms with Crippen LogP contribution in [0.1, 0.15) is 15.9 Å². The number of benzene rings is 3. The average molecular weight is 472 g/mol. The van der Waals surface area contributed by atoms with Crippen molar-refractivity contribution in [1.29, 1.82) is 0 Å². The summed E-state index contributed by atoms with van der Waals surface area (Å²) < 4.78 is 6.35. The Morgan fingerprint density at radius 3 is 2.48 bits per heavy atom. The van der Waals surface area contributed by atoms with Crippen LogP contribution in [-0.2, 0) is 4.79 Å². The normalized spacial score (nSPS) is 10.3. The summed E-state index contributed by atoms with van der Waals surface area (Å²) in [6.07, 6.45) is 0. The summed E-state index contributed by atoms with van der Waals surface area (Å²) in [5.74, 6) is -0.268. The molecule has 3 aromatic carbocycles. The molecule has 3 aromatic rings. The Bertz CT molecular complexity index is 1070. The van der Waals surface area contributed by atoms with Gasteiger partial charge in [-0.2, -0.15) is 0 Å². The second-order valence-electron chi connectivity index (χ2n) is 6.21. The van der Waals surface area contributed by atoms with Crippen molar-refractivity contribution in [1.82, 2.24) is 16.2 Å². The Kier molecular flexibility index (Phi) is 6.79. The molecule has 8 heteroatoms. The van der Waals surface area contributed by atoms with E-state index < -0.39 is 5.91 Å². The minimum absolute atomic E-state index is 0.0309. The molecule has 0 aliphatic heterocycles. The monoisotopic (exact) mass is 471 g/mol. The lowest BCUT2D eigenvalue weighted by atomic mass is 10.1. The number of hydrogen-bond acceptors (Lipinski definition) is 4. The van der Waals surface area contributed by atoms with E-state index in [1.807, 2.05) is 49.4 Å². The van der Waals surface area contributed by atoms with Gasteiger partial charge in [0.2, 0.25) is 0 Å². The van der Waals surface area contributed by atoms with E-state index in [-0.39, 0.29) is 17.6 Å². The van der Waals surface area contributed by atoms with E-state index in [1.54, 1.807) is 18.2 Å². The minimum atomic E-state index is -0.452. The first-order valence-corrected chi connectivity index (χ1v) is 9.91. The second-order valence-corrected chi connectivity index (χ2v) is 7.41. The van der Waals surface area contributed by atoms with E-state index >= 15 is 0 Å². The van der Waals surface area contributed by atoms with Gasteiger partial charge in [-0.05, 0) is 64.0 Å². The number of rotatable bonds is 4. The molecule has 2 amide bonds. The van der Waals surface area contributed by atoms with Crippen LogP contribution in [0.3, 0.4) is 0 Å². The standard InChI is InChI=1S/C21H18BrN3O3S/c1-13-6-8-15(9-7-13)20(27)24-25-21(29)23-18(26)12-28-17-11-10-14-4-2-3-5-16(14)19(17)22/h2-11H,12H2,1H3,(H,24,27)(H2,23,25,26,29). The third-order valence-electron chi connectivity index (χ3n) is 4.04. The van der Waals surface area contributed by atoms with Crippen LogP contribution in [0.5, 0.6) is 5.75 Å². The van der Waals surface area contributed by atoms with Crippen molar-refractivity contribution >= 4 is 55.8 Å². The summed E-state index contributed by atoms with van der Waals surface area (Å²) in [6, 6.07) is 18.6. The van der Waals surface area contributed by atoms with Crippen molar-refractivity contribution in [2.24, 2.45) is 0 Å². The van der Waals surface area contributed by atoms with Crippen molar-refractivity contribution in [3.05, 3.63) is 76.3 Å². The number of fused-ring (bicyclic) bond motifs is 1. The Morgan fingerprint density at radius 2 is 1.72 bits per heavy atom. The summed E-state index contributed by atoms with van der Waals surface area (Å²) in [4.78, 5) is 24.1. The summed E-state index contributed by atoms with van der Waals surface area (Å²) in [5, 5.41) is 4.47. The van der Waals surface area contributed by atoms with Gasteiger partial charge in [-0.3, -0.25) is 25.8 Å². The number of ether oxygens (including phenoxy) is 1. The van der Waals surface area contributed by atoms with E-state index in [9.17, 15) is 9.59 Å². The third kappa shape index (κ3) is 5.52. The molecule has 0 bridgehead atoms. The molecule has 0 unspecified atom stereocenters. The number of carbonyl (C=O) groups is 2. The molecule has 0 radical (unpaired) electrons. The third-order valence-corrected chi connectivity index (χ3v) is 5.06. The molecule has 0 aromatic heterocycles. The van der Waals surface area contributed by atoms with Gasteiger partial charge in [0, 0.05) is 5.56 Å². The van der Waals surface area contributed by atoms with Crippen LogP contribution in [0, 0.1) is 6.92 Å². The molecular formula is C21H18BrN3O3S. The van der Waals surface area contributed by atoms with Crippen molar-refractivity contribution < 1.29 is 14.3 Å². The van der Waals surface area contributed by atoms with E-state index in [0.29, 0.717) is 11.3 Å². The van der Waals surface area contributed by atoms with E-state index in [2.05, 4.69) is 32.1 Å². The first-order valence-electron chi connectivity index (χ1n) is 8.71. The summed E-state index contributed by atoms with van der Waals surface area (Å²) in [5.41, 5.74) is 6.45. The molecule has 0 fully saturated rings. The largest absolute Gasteiger partial charge is 0.483 e. The molecular weight excluding hydrogens is 454 g/mol. The highest BCUT2D eigenvalue weighted by Gasteiger charge is 2.11. The average Bonchev–Trinajstić information content (AvgIpc) is 2.72. The van der Waals surface area contributed by atoms with Gasteiger partial charge in [0.15, 0.2) is 11.7 Å². The summed E-state index contributed by atoms with van der Waals surface area (Å²) in [6.45, 7) is 1.70. The van der Waals surface area contributed by atoms with Gasteiger partial charge in [0.25, 0.3) is 11.8 Å². The van der Waals surface area contributed by atoms with Gasteiger partial charge in [0.1, 0.15) is 5.75 Å². The van der Waals surface area contributed by atoms with Gasteiger partial charge in [-0.15, -0.1) is 0 Å². The molecule has 3 rings (SSSR count). The number of nitrogens with one attached hydrogen (secondary N) is 3. The van der Waals surface area contributed by atoms with Gasteiger partial charge in [-0.1, -0.05) is 48.0 Å². The predicted molar refractivity (Wildman–Crippen MR) is 120 cm³/mol. The maximum absolute atomic E-state index is 12.1. The van der Waals surface area contributed by atoms with Gasteiger partial charge in [-0.25, -0.2) is 0 Å². The van der Waals surface area contributed by atoms with Crippen LogP contribution >= 0.6 is 28.1 Å². The molecule has 0 saturated heterocycles. The van der Waals surface area contributed by atoms with E-state index in [1.165, 1.54) is 0 Å². The van der Waals surface area contributed by atoms with Gasteiger partial charge in [0.05, 0.1) is 4.47 Å². The lowest BCUT2D eigenvalue weighted by Gasteiger charge is -2.12. The molecule has 0 saturated carbocycles. The second kappa shape index (κ2) is 9.49. The molecule has 29 heavy (non-hydrogen) atoms. The molecule has 6 nitrogen and oxygen atoms in total. The number of halogens is 1. The maximum Gasteiger partial charge on any atom is 0.269 e. The smallest absolute Gasteiger partial charge is 0.269 e. The van der Waals surface area contributed by atoms with E-state index in [0.717, 1.165) is 20.8 Å². The SMILES string of the molecule is Cc1ccc(C(=O)NNC(=S)NC(=O)COc2ccc3ccccc3c2Br)cc1. The number of amides is 2. The molecule has 0 heterocycles.